The van der Waals surface area contributed by atoms with E-state index in [1.165, 1.54) is 42.3 Å². The van der Waals surface area contributed by atoms with Crippen molar-refractivity contribution in [1.82, 2.24) is 10.2 Å². The molecule has 8 heteroatoms. The summed E-state index contributed by atoms with van der Waals surface area (Å²) in [5, 5.41) is 13.2. The first-order valence-corrected chi connectivity index (χ1v) is 8.73. The Morgan fingerprint density at radius 3 is 2.39 bits per heavy atom. The number of nitrogens with one attached hydrogen (secondary N) is 1. The molecule has 0 bridgehead atoms. The van der Waals surface area contributed by atoms with Crippen molar-refractivity contribution in [2.75, 3.05) is 20.1 Å². The van der Waals surface area contributed by atoms with Crippen molar-refractivity contribution < 1.29 is 27.9 Å². The van der Waals surface area contributed by atoms with E-state index < -0.39 is 17.7 Å². The molecule has 5 nitrogen and oxygen atoms in total. The van der Waals surface area contributed by atoms with Gasteiger partial charge in [-0.1, -0.05) is 30.3 Å². The third-order valence-electron chi connectivity index (χ3n) is 5.46. The Morgan fingerprint density at radius 1 is 1.11 bits per heavy atom. The van der Waals surface area contributed by atoms with Crippen LogP contribution in [0.4, 0.5) is 13.2 Å². The van der Waals surface area contributed by atoms with Crippen LogP contribution in [0.2, 0.25) is 0 Å². The molecule has 1 atom stereocenters. The molecule has 1 aliphatic heterocycles. The normalized spacial score (nSPS) is 21.0. The molecular weight excluding hydrogens is 373 g/mol. The highest BCUT2D eigenvalue weighted by molar-refractivity contribution is 5.97. The van der Waals surface area contributed by atoms with E-state index in [4.69, 9.17) is 0 Å². The average Bonchev–Trinajstić information content (AvgIpc) is 2.90. The fourth-order valence-corrected chi connectivity index (χ4v) is 3.89. The zero-order valence-electron chi connectivity index (χ0n) is 14.9. The van der Waals surface area contributed by atoms with Gasteiger partial charge in [0.05, 0.1) is 5.92 Å². The Bertz CT molecular complexity index is 983. The van der Waals surface area contributed by atoms with Crippen molar-refractivity contribution in [3.63, 3.8) is 0 Å². The number of halogens is 3. The van der Waals surface area contributed by atoms with Gasteiger partial charge >= 0.3 is 6.18 Å². The highest BCUT2D eigenvalue weighted by Crippen LogP contribution is 2.55. The van der Waals surface area contributed by atoms with Crippen LogP contribution in [0.3, 0.4) is 0 Å². The maximum absolute atomic E-state index is 13.9. The van der Waals surface area contributed by atoms with Gasteiger partial charge in [0, 0.05) is 36.8 Å². The number of carbonyl (C=O) groups excluding carboxylic acids is 2. The summed E-state index contributed by atoms with van der Waals surface area (Å²) in [7, 11) is 1.50. The van der Waals surface area contributed by atoms with Crippen LogP contribution in [0, 0.1) is 5.92 Å². The third-order valence-corrected chi connectivity index (χ3v) is 5.46. The second-order valence-corrected chi connectivity index (χ2v) is 7.04. The lowest BCUT2D eigenvalue weighted by Crippen LogP contribution is -2.55. The van der Waals surface area contributed by atoms with Gasteiger partial charge in [-0.3, -0.25) is 9.59 Å². The Balaban J connectivity index is 1.71. The molecule has 4 rings (SSSR count). The molecule has 0 saturated carbocycles. The van der Waals surface area contributed by atoms with Crippen LogP contribution in [0.15, 0.2) is 42.5 Å². The molecule has 28 heavy (non-hydrogen) atoms. The number of alkyl halides is 3. The fraction of sp³-hybridized carbons (Fsp3) is 0.300. The van der Waals surface area contributed by atoms with Gasteiger partial charge in [-0.05, 0) is 23.3 Å². The zero-order chi connectivity index (χ0) is 20.3. The molecule has 0 spiro atoms. The molecule has 146 valence electrons. The third kappa shape index (κ3) is 2.44. The van der Waals surface area contributed by atoms with Crippen LogP contribution in [0.25, 0.3) is 11.1 Å². The molecule has 0 radical (unpaired) electrons. The van der Waals surface area contributed by atoms with Crippen molar-refractivity contribution in [2.24, 2.45) is 5.92 Å². The Hall–Kier alpha value is -2.87. The van der Waals surface area contributed by atoms with Gasteiger partial charge in [-0.15, -0.1) is 0 Å². The number of rotatable bonds is 2. The highest BCUT2D eigenvalue weighted by Gasteiger charge is 2.60. The van der Waals surface area contributed by atoms with Gasteiger partial charge in [-0.2, -0.15) is 13.2 Å². The molecule has 2 aliphatic rings. The van der Waals surface area contributed by atoms with Gasteiger partial charge in [-0.25, -0.2) is 0 Å². The first-order chi connectivity index (χ1) is 13.2. The molecule has 2 amide bonds. The predicted octanol–water partition coefficient (Wildman–Crippen LogP) is 2.28. The summed E-state index contributed by atoms with van der Waals surface area (Å²) in [6.07, 6.45) is -4.95. The number of likely N-dealkylation sites (tertiary alicyclic amines) is 1. The van der Waals surface area contributed by atoms with Crippen molar-refractivity contribution >= 4 is 11.8 Å². The predicted molar refractivity (Wildman–Crippen MR) is 94.4 cm³/mol. The quantitative estimate of drug-likeness (QED) is 0.827. The second-order valence-electron chi connectivity index (χ2n) is 7.04. The van der Waals surface area contributed by atoms with Crippen molar-refractivity contribution in [3.05, 3.63) is 59.2 Å². The average molecular weight is 390 g/mol. The minimum absolute atomic E-state index is 0.0459. The molecule has 1 heterocycles. The lowest BCUT2D eigenvalue weighted by Gasteiger charge is -2.38. The van der Waals surface area contributed by atoms with E-state index in [0.717, 1.165) is 6.07 Å². The van der Waals surface area contributed by atoms with E-state index in [2.05, 4.69) is 5.32 Å². The number of amides is 2. The first kappa shape index (κ1) is 18.5. The van der Waals surface area contributed by atoms with Gasteiger partial charge in [0.25, 0.3) is 5.91 Å². The van der Waals surface area contributed by atoms with Crippen LogP contribution in [-0.2, 0) is 10.4 Å². The summed E-state index contributed by atoms with van der Waals surface area (Å²) >= 11 is 0. The van der Waals surface area contributed by atoms with E-state index in [9.17, 15) is 27.9 Å². The van der Waals surface area contributed by atoms with Gasteiger partial charge in [0.2, 0.25) is 11.5 Å². The summed E-state index contributed by atoms with van der Waals surface area (Å²) in [5.74, 6) is -0.969. The molecule has 0 aromatic heterocycles. The fourth-order valence-electron chi connectivity index (χ4n) is 3.89. The van der Waals surface area contributed by atoms with Crippen LogP contribution in [-0.4, -0.2) is 48.1 Å². The van der Waals surface area contributed by atoms with Gasteiger partial charge in [0.15, 0.2) is 0 Å². The Labute approximate surface area is 158 Å². The van der Waals surface area contributed by atoms with Crippen LogP contribution >= 0.6 is 0 Å². The SMILES string of the molecule is CNC(=O)C1CN(C(=O)c2ccc3c(c2)C(O)(C(F)(F)F)c2ccccc2-3)C1. The van der Waals surface area contributed by atoms with Crippen LogP contribution in [0.5, 0.6) is 0 Å². The minimum Gasteiger partial charge on any atom is -0.372 e. The Kier molecular flexibility index (Phi) is 4.01. The summed E-state index contributed by atoms with van der Waals surface area (Å²) in [6.45, 7) is 0.415. The topological polar surface area (TPSA) is 69.6 Å². The lowest BCUT2D eigenvalue weighted by molar-refractivity contribution is -0.246. The number of aliphatic hydroxyl groups is 1. The molecule has 2 aromatic rings. The minimum atomic E-state index is -4.95. The smallest absolute Gasteiger partial charge is 0.372 e. The lowest BCUT2D eigenvalue weighted by atomic mass is 9.89. The number of hydrogen-bond donors (Lipinski definition) is 2. The van der Waals surface area contributed by atoms with Crippen molar-refractivity contribution in [3.8, 4) is 11.1 Å². The monoisotopic (exact) mass is 390 g/mol. The summed E-state index contributed by atoms with van der Waals surface area (Å²) < 4.78 is 41.6. The molecule has 1 fully saturated rings. The van der Waals surface area contributed by atoms with Gasteiger partial charge in [0.1, 0.15) is 0 Å². The number of carbonyl (C=O) groups is 2. The Morgan fingerprint density at radius 2 is 1.75 bits per heavy atom. The number of nitrogens with zero attached hydrogens (tertiary/aromatic N) is 1. The summed E-state index contributed by atoms with van der Waals surface area (Å²) in [5.41, 5.74) is -3.18. The van der Waals surface area contributed by atoms with Crippen LogP contribution in [0.1, 0.15) is 21.5 Å². The standard InChI is InChI=1S/C20H17F3N2O3/c1-24-17(26)12-9-25(10-12)18(27)11-6-7-14-13-4-2-3-5-15(13)19(28,16(14)8-11)20(21,22)23/h2-8,12,28H,9-10H2,1H3,(H,24,26). The molecule has 2 aromatic carbocycles. The second kappa shape index (κ2) is 6.07. The zero-order valence-corrected chi connectivity index (χ0v) is 14.9. The number of fused-ring (bicyclic) bond motifs is 3. The van der Waals surface area contributed by atoms with E-state index in [1.54, 1.807) is 6.07 Å². The van der Waals surface area contributed by atoms with Crippen molar-refractivity contribution in [2.45, 2.75) is 11.8 Å². The number of hydrogen-bond acceptors (Lipinski definition) is 3. The van der Waals surface area contributed by atoms with E-state index >= 15 is 0 Å². The molecule has 2 N–H and O–H groups in total. The van der Waals surface area contributed by atoms with Crippen molar-refractivity contribution in [1.29, 1.82) is 0 Å². The maximum atomic E-state index is 13.9. The number of benzene rings is 2. The molecule has 1 saturated heterocycles. The van der Waals surface area contributed by atoms with E-state index in [-0.39, 0.29) is 47.2 Å². The van der Waals surface area contributed by atoms with Gasteiger partial charge < -0.3 is 15.3 Å². The maximum Gasteiger partial charge on any atom is 0.425 e. The summed E-state index contributed by atoms with van der Waals surface area (Å²) in [4.78, 5) is 25.6. The summed E-state index contributed by atoms with van der Waals surface area (Å²) in [6, 6.07) is 9.79. The largest absolute Gasteiger partial charge is 0.425 e. The van der Waals surface area contributed by atoms with E-state index in [0.29, 0.717) is 5.56 Å². The highest BCUT2D eigenvalue weighted by atomic mass is 19.4. The molecular formula is C20H17F3N2O3. The molecule has 1 aliphatic carbocycles. The first-order valence-electron chi connectivity index (χ1n) is 8.73. The molecule has 1 unspecified atom stereocenters. The van der Waals surface area contributed by atoms with E-state index in [1.807, 2.05) is 0 Å². The van der Waals surface area contributed by atoms with Crippen LogP contribution < -0.4 is 5.32 Å².